The highest BCUT2D eigenvalue weighted by Gasteiger charge is 2.30. The SMILES string of the molecule is Cc1ccc([C@H](C)NC(=O)[C@H](C)N(c2ccc(F)c(F)c2)S(C)(=O)=O)cc1. The molecule has 0 aliphatic heterocycles. The molecule has 8 heteroatoms. The number of amides is 1. The number of hydrogen-bond donors (Lipinski definition) is 1. The Morgan fingerprint density at radius 2 is 1.63 bits per heavy atom. The molecule has 0 bridgehead atoms. The fourth-order valence-corrected chi connectivity index (χ4v) is 3.87. The van der Waals surface area contributed by atoms with E-state index in [0.717, 1.165) is 39.9 Å². The Kier molecular flexibility index (Phi) is 6.20. The summed E-state index contributed by atoms with van der Waals surface area (Å²) in [6, 6.07) is 8.74. The molecule has 0 saturated heterocycles. The van der Waals surface area contributed by atoms with Crippen molar-refractivity contribution >= 4 is 21.6 Å². The third-order valence-electron chi connectivity index (χ3n) is 4.18. The predicted octanol–water partition coefficient (Wildman–Crippen LogP) is 3.31. The molecule has 5 nitrogen and oxygen atoms in total. The Labute approximate surface area is 158 Å². The zero-order chi connectivity index (χ0) is 20.4. The summed E-state index contributed by atoms with van der Waals surface area (Å²) < 4.78 is 51.9. The van der Waals surface area contributed by atoms with Gasteiger partial charge in [0.15, 0.2) is 11.6 Å². The van der Waals surface area contributed by atoms with Crippen LogP contribution in [0.15, 0.2) is 42.5 Å². The van der Waals surface area contributed by atoms with Crippen LogP contribution in [0.4, 0.5) is 14.5 Å². The number of anilines is 1. The van der Waals surface area contributed by atoms with Gasteiger partial charge in [0.2, 0.25) is 15.9 Å². The fraction of sp³-hybridized carbons (Fsp3) is 0.316. The summed E-state index contributed by atoms with van der Waals surface area (Å²) in [6.45, 7) is 5.11. The van der Waals surface area contributed by atoms with Crippen molar-refractivity contribution in [1.82, 2.24) is 5.32 Å². The minimum atomic E-state index is -3.91. The van der Waals surface area contributed by atoms with E-state index in [1.807, 2.05) is 31.2 Å². The Morgan fingerprint density at radius 3 is 2.15 bits per heavy atom. The first kappa shape index (κ1) is 20.8. The smallest absolute Gasteiger partial charge is 0.244 e. The van der Waals surface area contributed by atoms with Crippen molar-refractivity contribution in [2.24, 2.45) is 0 Å². The monoisotopic (exact) mass is 396 g/mol. The Bertz CT molecular complexity index is 930. The van der Waals surface area contributed by atoms with Gasteiger partial charge in [-0.3, -0.25) is 9.10 Å². The van der Waals surface area contributed by atoms with Crippen molar-refractivity contribution in [3.8, 4) is 0 Å². The molecule has 0 aliphatic carbocycles. The highest BCUT2D eigenvalue weighted by Crippen LogP contribution is 2.23. The third kappa shape index (κ3) is 5.03. The van der Waals surface area contributed by atoms with Crippen LogP contribution in [0.3, 0.4) is 0 Å². The summed E-state index contributed by atoms with van der Waals surface area (Å²) in [6.07, 6.45) is 0.904. The van der Waals surface area contributed by atoms with Crippen LogP contribution in [0.25, 0.3) is 0 Å². The lowest BCUT2D eigenvalue weighted by Crippen LogP contribution is -2.48. The number of halogens is 2. The minimum absolute atomic E-state index is 0.123. The molecule has 2 aromatic carbocycles. The van der Waals surface area contributed by atoms with E-state index in [1.54, 1.807) is 6.92 Å². The molecule has 0 heterocycles. The molecule has 27 heavy (non-hydrogen) atoms. The number of carbonyl (C=O) groups is 1. The van der Waals surface area contributed by atoms with E-state index in [0.29, 0.717) is 0 Å². The average molecular weight is 396 g/mol. The maximum atomic E-state index is 13.6. The molecule has 0 aromatic heterocycles. The molecule has 0 fully saturated rings. The van der Waals surface area contributed by atoms with Gasteiger partial charge in [0, 0.05) is 6.07 Å². The first-order valence-electron chi connectivity index (χ1n) is 8.32. The second-order valence-electron chi connectivity index (χ2n) is 6.47. The maximum absolute atomic E-state index is 13.6. The van der Waals surface area contributed by atoms with E-state index in [1.165, 1.54) is 6.92 Å². The molecule has 1 amide bonds. The number of benzene rings is 2. The summed E-state index contributed by atoms with van der Waals surface area (Å²) in [5, 5.41) is 2.75. The van der Waals surface area contributed by atoms with Crippen LogP contribution < -0.4 is 9.62 Å². The van der Waals surface area contributed by atoms with Gasteiger partial charge < -0.3 is 5.32 Å². The molecule has 2 atom stereocenters. The molecule has 0 saturated carbocycles. The average Bonchev–Trinajstić information content (AvgIpc) is 2.57. The van der Waals surface area contributed by atoms with Crippen molar-refractivity contribution in [2.45, 2.75) is 32.9 Å². The second kappa shape index (κ2) is 8.04. The quantitative estimate of drug-likeness (QED) is 0.815. The number of rotatable bonds is 6. The lowest BCUT2D eigenvalue weighted by molar-refractivity contribution is -0.122. The molecule has 0 radical (unpaired) electrons. The van der Waals surface area contributed by atoms with Crippen molar-refractivity contribution in [2.75, 3.05) is 10.6 Å². The van der Waals surface area contributed by atoms with E-state index in [4.69, 9.17) is 0 Å². The van der Waals surface area contributed by atoms with Gasteiger partial charge >= 0.3 is 0 Å². The molecule has 146 valence electrons. The summed E-state index contributed by atoms with van der Waals surface area (Å²) in [5.41, 5.74) is 1.81. The van der Waals surface area contributed by atoms with Gasteiger partial charge in [0.1, 0.15) is 6.04 Å². The lowest BCUT2D eigenvalue weighted by Gasteiger charge is -2.29. The van der Waals surface area contributed by atoms with Crippen molar-refractivity contribution in [1.29, 1.82) is 0 Å². The lowest BCUT2D eigenvalue weighted by atomic mass is 10.1. The van der Waals surface area contributed by atoms with Crippen molar-refractivity contribution < 1.29 is 22.0 Å². The third-order valence-corrected chi connectivity index (χ3v) is 5.42. The number of hydrogen-bond acceptors (Lipinski definition) is 3. The largest absolute Gasteiger partial charge is 0.348 e. The highest BCUT2D eigenvalue weighted by molar-refractivity contribution is 7.92. The van der Waals surface area contributed by atoms with Crippen LogP contribution in [-0.4, -0.2) is 26.6 Å². The molecule has 1 N–H and O–H groups in total. The van der Waals surface area contributed by atoms with Gasteiger partial charge in [-0.1, -0.05) is 29.8 Å². The van der Waals surface area contributed by atoms with E-state index in [2.05, 4.69) is 5.32 Å². The Balaban J connectivity index is 2.26. The maximum Gasteiger partial charge on any atom is 0.244 e. The van der Waals surface area contributed by atoms with Gasteiger partial charge in [-0.15, -0.1) is 0 Å². The molecule has 0 unspecified atom stereocenters. The first-order chi connectivity index (χ1) is 12.5. The zero-order valence-corrected chi connectivity index (χ0v) is 16.3. The number of aryl methyl sites for hydroxylation is 1. The molecule has 0 aliphatic rings. The second-order valence-corrected chi connectivity index (χ2v) is 8.33. The van der Waals surface area contributed by atoms with Crippen molar-refractivity contribution in [3.05, 3.63) is 65.2 Å². The Hall–Kier alpha value is -2.48. The number of carbonyl (C=O) groups excluding carboxylic acids is 1. The molecular formula is C19H22F2N2O3S. The van der Waals surface area contributed by atoms with Gasteiger partial charge in [-0.05, 0) is 38.5 Å². The van der Waals surface area contributed by atoms with E-state index >= 15 is 0 Å². The number of nitrogens with zero attached hydrogens (tertiary/aromatic N) is 1. The van der Waals surface area contributed by atoms with Crippen LogP contribution in [0.5, 0.6) is 0 Å². The van der Waals surface area contributed by atoms with E-state index in [-0.39, 0.29) is 11.7 Å². The molecular weight excluding hydrogens is 374 g/mol. The molecule has 2 aromatic rings. The first-order valence-corrected chi connectivity index (χ1v) is 10.2. The van der Waals surface area contributed by atoms with Crippen molar-refractivity contribution in [3.63, 3.8) is 0 Å². The van der Waals surface area contributed by atoms with Crippen LogP contribution in [0, 0.1) is 18.6 Å². The predicted molar refractivity (Wildman–Crippen MR) is 101 cm³/mol. The van der Waals surface area contributed by atoms with Gasteiger partial charge in [-0.2, -0.15) is 0 Å². The van der Waals surface area contributed by atoms with Crippen LogP contribution >= 0.6 is 0 Å². The summed E-state index contributed by atoms with van der Waals surface area (Å²) in [7, 11) is -3.91. The van der Waals surface area contributed by atoms with Crippen LogP contribution in [0.2, 0.25) is 0 Å². The Morgan fingerprint density at radius 1 is 1.04 bits per heavy atom. The van der Waals surface area contributed by atoms with Gasteiger partial charge in [0.25, 0.3) is 0 Å². The fourth-order valence-electron chi connectivity index (χ4n) is 2.70. The standard InChI is InChI=1S/C19H22F2N2O3S/c1-12-5-7-15(8-6-12)13(2)22-19(24)14(3)23(27(4,25)26)16-9-10-17(20)18(21)11-16/h5-11,13-14H,1-4H3,(H,22,24)/t13-,14-/m0/s1. The topological polar surface area (TPSA) is 66.5 Å². The van der Waals surface area contributed by atoms with Crippen LogP contribution in [-0.2, 0) is 14.8 Å². The number of sulfonamides is 1. The van der Waals surface area contributed by atoms with E-state index in [9.17, 15) is 22.0 Å². The van der Waals surface area contributed by atoms with Gasteiger partial charge in [-0.25, -0.2) is 17.2 Å². The van der Waals surface area contributed by atoms with Gasteiger partial charge in [0.05, 0.1) is 18.0 Å². The molecule has 2 rings (SSSR count). The normalized spacial score (nSPS) is 13.7. The van der Waals surface area contributed by atoms with Crippen LogP contribution in [0.1, 0.15) is 31.0 Å². The zero-order valence-electron chi connectivity index (χ0n) is 15.5. The summed E-state index contributed by atoms with van der Waals surface area (Å²) in [4.78, 5) is 12.6. The minimum Gasteiger partial charge on any atom is -0.348 e. The summed E-state index contributed by atoms with van der Waals surface area (Å²) >= 11 is 0. The highest BCUT2D eigenvalue weighted by atomic mass is 32.2. The summed E-state index contributed by atoms with van der Waals surface area (Å²) in [5.74, 6) is -2.85. The van der Waals surface area contributed by atoms with E-state index < -0.39 is 33.6 Å². The molecule has 0 spiro atoms. The number of nitrogens with one attached hydrogen (secondary N) is 1.